The molecule has 0 fully saturated rings. The first-order chi connectivity index (χ1) is 14.6. The van der Waals surface area contributed by atoms with Crippen molar-refractivity contribution in [2.24, 2.45) is 4.99 Å². The summed E-state index contributed by atoms with van der Waals surface area (Å²) in [7, 11) is 5.19. The first kappa shape index (κ1) is 23.5. The van der Waals surface area contributed by atoms with E-state index < -0.39 is 0 Å². The molecule has 0 saturated heterocycles. The van der Waals surface area contributed by atoms with E-state index in [0.717, 1.165) is 36.0 Å². The van der Waals surface area contributed by atoms with E-state index in [4.69, 9.17) is 14.2 Å². The molecule has 0 spiro atoms. The Hall–Kier alpha value is -2.73. The van der Waals surface area contributed by atoms with Gasteiger partial charge in [0, 0.05) is 51.8 Å². The summed E-state index contributed by atoms with van der Waals surface area (Å²) >= 11 is 0. The van der Waals surface area contributed by atoms with E-state index in [2.05, 4.69) is 53.7 Å². The lowest BCUT2D eigenvalue weighted by atomic mass is 10.0. The fourth-order valence-corrected chi connectivity index (χ4v) is 3.16. The summed E-state index contributed by atoms with van der Waals surface area (Å²) in [6, 6.07) is 14.4. The molecule has 0 bridgehead atoms. The summed E-state index contributed by atoms with van der Waals surface area (Å²) in [6.07, 6.45) is 0.862. The van der Waals surface area contributed by atoms with Crippen LogP contribution in [-0.2, 0) is 11.3 Å². The number of ether oxygens (including phenoxy) is 3. The number of para-hydroxylation sites is 1. The van der Waals surface area contributed by atoms with Crippen molar-refractivity contribution in [1.82, 2.24) is 10.6 Å². The molecule has 2 rings (SSSR count). The second-order valence-electron chi connectivity index (χ2n) is 7.26. The van der Waals surface area contributed by atoms with E-state index in [9.17, 15) is 0 Å². The highest BCUT2D eigenvalue weighted by Gasteiger charge is 2.12. The molecule has 0 aliphatic carbocycles. The van der Waals surface area contributed by atoms with Crippen LogP contribution in [0.4, 0.5) is 0 Å². The zero-order chi connectivity index (χ0) is 21.8. The van der Waals surface area contributed by atoms with Crippen LogP contribution in [0.3, 0.4) is 0 Å². The minimum Gasteiger partial charge on any atom is -0.496 e. The van der Waals surface area contributed by atoms with Crippen LogP contribution in [0.5, 0.6) is 11.5 Å². The average Bonchev–Trinajstić information content (AvgIpc) is 2.77. The van der Waals surface area contributed by atoms with Crippen LogP contribution < -0.4 is 20.1 Å². The number of aliphatic imine (C=N–C) groups is 1. The highest BCUT2D eigenvalue weighted by atomic mass is 16.5. The van der Waals surface area contributed by atoms with Gasteiger partial charge in [-0.15, -0.1) is 0 Å². The van der Waals surface area contributed by atoms with E-state index in [0.29, 0.717) is 19.8 Å². The van der Waals surface area contributed by atoms with Gasteiger partial charge >= 0.3 is 0 Å². The molecule has 0 heterocycles. The molecule has 0 aromatic heterocycles. The van der Waals surface area contributed by atoms with Crippen LogP contribution >= 0.6 is 0 Å². The lowest BCUT2D eigenvalue weighted by Gasteiger charge is -2.19. The molecule has 164 valence electrons. The summed E-state index contributed by atoms with van der Waals surface area (Å²) < 4.78 is 16.5. The number of nitrogens with zero attached hydrogens (tertiary/aromatic N) is 1. The maximum atomic E-state index is 5.97. The first-order valence-electron chi connectivity index (χ1n) is 10.4. The molecule has 2 N–H and O–H groups in total. The van der Waals surface area contributed by atoms with Crippen LogP contribution in [0, 0.1) is 6.92 Å². The normalized spacial score (nSPS) is 12.4. The van der Waals surface area contributed by atoms with Crippen molar-refractivity contribution >= 4 is 5.96 Å². The molecule has 0 aliphatic heterocycles. The summed E-state index contributed by atoms with van der Waals surface area (Å²) in [4.78, 5) is 4.35. The summed E-state index contributed by atoms with van der Waals surface area (Å²) in [5.41, 5.74) is 3.45. The van der Waals surface area contributed by atoms with Gasteiger partial charge in [-0.2, -0.15) is 0 Å². The topological polar surface area (TPSA) is 64.1 Å². The molecule has 2 aromatic carbocycles. The van der Waals surface area contributed by atoms with Gasteiger partial charge in [-0.25, -0.2) is 0 Å². The molecule has 6 heteroatoms. The maximum absolute atomic E-state index is 5.97. The van der Waals surface area contributed by atoms with Crippen LogP contribution in [-0.4, -0.2) is 47.0 Å². The molecule has 30 heavy (non-hydrogen) atoms. The van der Waals surface area contributed by atoms with Gasteiger partial charge in [0.25, 0.3) is 0 Å². The van der Waals surface area contributed by atoms with Crippen molar-refractivity contribution in [3.63, 3.8) is 0 Å². The molecule has 1 atom stereocenters. The van der Waals surface area contributed by atoms with Crippen molar-refractivity contribution in [2.75, 3.05) is 41.0 Å². The van der Waals surface area contributed by atoms with E-state index >= 15 is 0 Å². The standard InChI is InChI=1S/C24H35N3O3/c1-18-11-12-20(23(15-18)30-14-8-13-28-4)17-27-24(25-3)26-16-19(2)21-9-6-7-10-22(21)29-5/h6-7,9-12,15,19H,8,13-14,16-17H2,1-5H3,(H2,25,26,27). The SMILES string of the molecule is CN=C(NCc1ccc(C)cc1OCCCOC)NCC(C)c1ccccc1OC. The summed E-state index contributed by atoms with van der Waals surface area (Å²) in [5.74, 6) is 2.84. The number of rotatable bonds is 11. The van der Waals surface area contributed by atoms with E-state index in [1.54, 1.807) is 21.3 Å². The number of methoxy groups -OCH3 is 2. The average molecular weight is 414 g/mol. The Bertz CT molecular complexity index is 808. The fraction of sp³-hybridized carbons (Fsp3) is 0.458. The molecular weight excluding hydrogens is 378 g/mol. The number of benzene rings is 2. The first-order valence-corrected chi connectivity index (χ1v) is 10.4. The van der Waals surface area contributed by atoms with E-state index in [-0.39, 0.29) is 5.92 Å². The molecule has 6 nitrogen and oxygen atoms in total. The quantitative estimate of drug-likeness (QED) is 0.332. The Morgan fingerprint density at radius 2 is 1.83 bits per heavy atom. The summed E-state index contributed by atoms with van der Waals surface area (Å²) in [6.45, 7) is 6.94. The third kappa shape index (κ3) is 7.26. The Balaban J connectivity index is 1.92. The zero-order valence-corrected chi connectivity index (χ0v) is 18.8. The van der Waals surface area contributed by atoms with Gasteiger partial charge in [0.05, 0.1) is 13.7 Å². The van der Waals surface area contributed by atoms with Gasteiger partial charge in [0.1, 0.15) is 11.5 Å². The Morgan fingerprint density at radius 3 is 2.57 bits per heavy atom. The molecule has 0 saturated carbocycles. The zero-order valence-electron chi connectivity index (χ0n) is 18.8. The van der Waals surface area contributed by atoms with Gasteiger partial charge in [0.15, 0.2) is 5.96 Å². The molecule has 1 unspecified atom stereocenters. The number of guanidine groups is 1. The number of aryl methyl sites for hydroxylation is 1. The Kier molecular flexibility index (Phi) is 10.0. The second-order valence-corrected chi connectivity index (χ2v) is 7.26. The van der Waals surface area contributed by atoms with Gasteiger partial charge in [0.2, 0.25) is 0 Å². The Morgan fingerprint density at radius 1 is 1.03 bits per heavy atom. The van der Waals surface area contributed by atoms with Crippen molar-refractivity contribution < 1.29 is 14.2 Å². The van der Waals surface area contributed by atoms with Gasteiger partial charge in [-0.1, -0.05) is 37.3 Å². The van der Waals surface area contributed by atoms with Crippen molar-refractivity contribution in [2.45, 2.75) is 32.7 Å². The fourth-order valence-electron chi connectivity index (χ4n) is 3.16. The monoisotopic (exact) mass is 413 g/mol. The number of hydrogen-bond acceptors (Lipinski definition) is 4. The largest absolute Gasteiger partial charge is 0.496 e. The molecule has 2 aromatic rings. The lowest BCUT2D eigenvalue weighted by Crippen LogP contribution is -2.38. The Labute approximate surface area is 180 Å². The van der Waals surface area contributed by atoms with E-state index in [1.807, 2.05) is 18.2 Å². The van der Waals surface area contributed by atoms with Crippen molar-refractivity contribution in [3.05, 3.63) is 59.2 Å². The molecule has 0 radical (unpaired) electrons. The minimum absolute atomic E-state index is 0.277. The smallest absolute Gasteiger partial charge is 0.191 e. The molecule has 0 amide bonds. The van der Waals surface area contributed by atoms with Crippen LogP contribution in [0.1, 0.15) is 36.0 Å². The van der Waals surface area contributed by atoms with Crippen LogP contribution in [0.2, 0.25) is 0 Å². The second kappa shape index (κ2) is 12.8. The highest BCUT2D eigenvalue weighted by molar-refractivity contribution is 5.79. The number of nitrogens with one attached hydrogen (secondary N) is 2. The highest BCUT2D eigenvalue weighted by Crippen LogP contribution is 2.25. The minimum atomic E-state index is 0.277. The van der Waals surface area contributed by atoms with E-state index in [1.165, 1.54) is 11.1 Å². The predicted molar refractivity (Wildman–Crippen MR) is 123 cm³/mol. The lowest BCUT2D eigenvalue weighted by molar-refractivity contribution is 0.171. The summed E-state index contributed by atoms with van der Waals surface area (Å²) in [5, 5.41) is 6.79. The maximum Gasteiger partial charge on any atom is 0.191 e. The van der Waals surface area contributed by atoms with Crippen LogP contribution in [0.15, 0.2) is 47.5 Å². The third-order valence-electron chi connectivity index (χ3n) is 4.89. The third-order valence-corrected chi connectivity index (χ3v) is 4.89. The van der Waals surface area contributed by atoms with Gasteiger partial charge in [-0.05, 0) is 30.2 Å². The van der Waals surface area contributed by atoms with Gasteiger partial charge < -0.3 is 24.8 Å². The molecular formula is C24H35N3O3. The van der Waals surface area contributed by atoms with Crippen molar-refractivity contribution in [3.8, 4) is 11.5 Å². The molecule has 0 aliphatic rings. The number of hydrogen-bond donors (Lipinski definition) is 2. The van der Waals surface area contributed by atoms with Crippen LogP contribution in [0.25, 0.3) is 0 Å². The van der Waals surface area contributed by atoms with Gasteiger partial charge in [-0.3, -0.25) is 4.99 Å². The van der Waals surface area contributed by atoms with Crippen molar-refractivity contribution in [1.29, 1.82) is 0 Å². The predicted octanol–water partition coefficient (Wildman–Crippen LogP) is 3.89.